The molecule has 1 aromatic carbocycles. The number of pyridine rings is 1. The molecule has 0 saturated heterocycles. The molecule has 1 heterocycles. The highest BCUT2D eigenvalue weighted by Crippen LogP contribution is 2.20. The molecule has 0 atom stereocenters. The Kier molecular flexibility index (Phi) is 4.15. The number of anilines is 1. The van der Waals surface area contributed by atoms with Gasteiger partial charge in [-0.1, -0.05) is 0 Å². The molecule has 2 aromatic rings. The zero-order chi connectivity index (χ0) is 13.0. The Hall–Kier alpha value is -1.62. The van der Waals surface area contributed by atoms with Crippen LogP contribution in [0.15, 0.2) is 41.0 Å². The van der Waals surface area contributed by atoms with Crippen molar-refractivity contribution in [2.75, 3.05) is 12.4 Å². The van der Waals surface area contributed by atoms with Crippen LogP contribution in [0.1, 0.15) is 5.56 Å². The first-order chi connectivity index (χ1) is 8.69. The summed E-state index contributed by atoms with van der Waals surface area (Å²) in [5.74, 6) is 1.10. The first-order valence-corrected chi connectivity index (χ1v) is 6.16. The Morgan fingerprint density at radius 1 is 1.33 bits per heavy atom. The van der Waals surface area contributed by atoms with Gasteiger partial charge in [0.15, 0.2) is 0 Å². The van der Waals surface area contributed by atoms with Gasteiger partial charge in [-0.15, -0.1) is 0 Å². The van der Waals surface area contributed by atoms with Crippen LogP contribution in [0.4, 0.5) is 10.2 Å². The van der Waals surface area contributed by atoms with Gasteiger partial charge < -0.3 is 10.1 Å². The Morgan fingerprint density at radius 2 is 2.17 bits per heavy atom. The highest BCUT2D eigenvalue weighted by atomic mass is 79.9. The molecule has 0 bridgehead atoms. The Morgan fingerprint density at radius 3 is 2.83 bits per heavy atom. The van der Waals surface area contributed by atoms with Gasteiger partial charge >= 0.3 is 0 Å². The van der Waals surface area contributed by atoms with Crippen LogP contribution in [0.3, 0.4) is 0 Å². The highest BCUT2D eigenvalue weighted by Gasteiger charge is 2.04. The standard InChI is InChI=1S/C13H12BrFN2O/c1-18-12-4-3-11(15)6-9(12)7-16-13-5-2-10(14)8-17-13/h2-6,8H,7H2,1H3,(H,16,17). The number of hydrogen-bond donors (Lipinski definition) is 1. The van der Waals surface area contributed by atoms with Gasteiger partial charge in [0, 0.05) is 22.8 Å². The van der Waals surface area contributed by atoms with Crippen molar-refractivity contribution in [2.24, 2.45) is 0 Å². The van der Waals surface area contributed by atoms with Crippen LogP contribution in [0, 0.1) is 5.82 Å². The van der Waals surface area contributed by atoms with Crippen molar-refractivity contribution in [1.82, 2.24) is 4.98 Å². The first kappa shape index (κ1) is 12.8. The molecule has 0 aliphatic carbocycles. The molecule has 1 aromatic heterocycles. The number of hydrogen-bond acceptors (Lipinski definition) is 3. The second kappa shape index (κ2) is 5.82. The monoisotopic (exact) mass is 310 g/mol. The average molecular weight is 311 g/mol. The fourth-order valence-corrected chi connectivity index (χ4v) is 1.79. The van der Waals surface area contributed by atoms with Gasteiger partial charge in [0.05, 0.1) is 7.11 Å². The van der Waals surface area contributed by atoms with E-state index in [4.69, 9.17) is 4.74 Å². The second-order valence-corrected chi connectivity index (χ2v) is 4.59. The fourth-order valence-electron chi connectivity index (χ4n) is 1.55. The summed E-state index contributed by atoms with van der Waals surface area (Å²) in [6.45, 7) is 0.454. The van der Waals surface area contributed by atoms with E-state index in [2.05, 4.69) is 26.2 Å². The second-order valence-electron chi connectivity index (χ2n) is 3.67. The third-order valence-corrected chi connectivity index (χ3v) is 2.90. The topological polar surface area (TPSA) is 34.1 Å². The molecule has 0 radical (unpaired) electrons. The minimum absolute atomic E-state index is 0.281. The van der Waals surface area contributed by atoms with Gasteiger partial charge in [-0.05, 0) is 46.3 Å². The van der Waals surface area contributed by atoms with Gasteiger partial charge in [0.1, 0.15) is 17.4 Å². The smallest absolute Gasteiger partial charge is 0.126 e. The Labute approximate surface area is 113 Å². The van der Waals surface area contributed by atoms with E-state index in [0.717, 1.165) is 15.9 Å². The van der Waals surface area contributed by atoms with Crippen LogP contribution < -0.4 is 10.1 Å². The lowest BCUT2D eigenvalue weighted by Gasteiger charge is -2.10. The van der Waals surface area contributed by atoms with E-state index in [1.165, 1.54) is 12.1 Å². The third-order valence-electron chi connectivity index (χ3n) is 2.43. The van der Waals surface area contributed by atoms with E-state index < -0.39 is 0 Å². The lowest BCUT2D eigenvalue weighted by molar-refractivity contribution is 0.409. The van der Waals surface area contributed by atoms with Crippen molar-refractivity contribution >= 4 is 21.7 Å². The normalized spacial score (nSPS) is 10.2. The minimum atomic E-state index is -0.281. The molecule has 3 nitrogen and oxygen atoms in total. The van der Waals surface area contributed by atoms with Crippen molar-refractivity contribution in [1.29, 1.82) is 0 Å². The molecule has 94 valence electrons. The molecule has 0 aliphatic heterocycles. The third kappa shape index (κ3) is 3.20. The summed E-state index contributed by atoms with van der Waals surface area (Å²) in [5, 5.41) is 3.11. The maximum Gasteiger partial charge on any atom is 0.126 e. The number of nitrogens with one attached hydrogen (secondary N) is 1. The van der Waals surface area contributed by atoms with Crippen LogP contribution in [0.5, 0.6) is 5.75 Å². The van der Waals surface area contributed by atoms with E-state index in [1.54, 1.807) is 19.4 Å². The van der Waals surface area contributed by atoms with Crippen LogP contribution >= 0.6 is 15.9 Å². The highest BCUT2D eigenvalue weighted by molar-refractivity contribution is 9.10. The van der Waals surface area contributed by atoms with Crippen molar-refractivity contribution in [2.45, 2.75) is 6.54 Å². The first-order valence-electron chi connectivity index (χ1n) is 5.37. The molecule has 0 saturated carbocycles. The van der Waals surface area contributed by atoms with Gasteiger partial charge in [0.2, 0.25) is 0 Å². The molecule has 0 spiro atoms. The van der Waals surface area contributed by atoms with Crippen molar-refractivity contribution in [3.8, 4) is 5.75 Å². The molecule has 0 fully saturated rings. The lowest BCUT2D eigenvalue weighted by Crippen LogP contribution is -2.03. The van der Waals surface area contributed by atoms with Crippen LogP contribution in [-0.4, -0.2) is 12.1 Å². The minimum Gasteiger partial charge on any atom is -0.496 e. The van der Waals surface area contributed by atoms with Gasteiger partial charge in [-0.3, -0.25) is 0 Å². The predicted molar refractivity (Wildman–Crippen MR) is 72.2 cm³/mol. The number of ether oxygens (including phenoxy) is 1. The maximum absolute atomic E-state index is 13.2. The number of benzene rings is 1. The summed E-state index contributed by atoms with van der Waals surface area (Å²) >= 11 is 3.31. The summed E-state index contributed by atoms with van der Waals surface area (Å²) < 4.78 is 19.2. The number of methoxy groups -OCH3 is 1. The number of halogens is 2. The van der Waals surface area contributed by atoms with Crippen molar-refractivity contribution in [3.05, 3.63) is 52.4 Å². The number of aromatic nitrogens is 1. The summed E-state index contributed by atoms with van der Waals surface area (Å²) in [6, 6.07) is 8.17. The Balaban J connectivity index is 2.09. The van der Waals surface area contributed by atoms with Crippen molar-refractivity contribution in [3.63, 3.8) is 0 Å². The Bertz CT molecular complexity index is 531. The molecular formula is C13H12BrFN2O. The largest absolute Gasteiger partial charge is 0.496 e. The number of nitrogens with zero attached hydrogens (tertiary/aromatic N) is 1. The SMILES string of the molecule is COc1ccc(F)cc1CNc1ccc(Br)cn1. The summed E-state index contributed by atoms with van der Waals surface area (Å²) in [4.78, 5) is 4.18. The zero-order valence-electron chi connectivity index (χ0n) is 9.78. The molecule has 0 amide bonds. The maximum atomic E-state index is 13.2. The molecule has 0 unspecified atom stereocenters. The van der Waals surface area contributed by atoms with Crippen LogP contribution in [0.25, 0.3) is 0 Å². The average Bonchev–Trinajstić information content (AvgIpc) is 2.38. The van der Waals surface area contributed by atoms with Crippen LogP contribution in [-0.2, 0) is 6.54 Å². The molecule has 18 heavy (non-hydrogen) atoms. The van der Waals surface area contributed by atoms with E-state index in [0.29, 0.717) is 12.3 Å². The van der Waals surface area contributed by atoms with Gasteiger partial charge in [0.25, 0.3) is 0 Å². The molecular weight excluding hydrogens is 299 g/mol. The van der Waals surface area contributed by atoms with Crippen LogP contribution in [0.2, 0.25) is 0 Å². The van der Waals surface area contributed by atoms with E-state index >= 15 is 0 Å². The van der Waals surface area contributed by atoms with Gasteiger partial charge in [-0.2, -0.15) is 0 Å². The van der Waals surface area contributed by atoms with E-state index in [9.17, 15) is 4.39 Å². The van der Waals surface area contributed by atoms with Gasteiger partial charge in [-0.25, -0.2) is 9.37 Å². The molecule has 2 rings (SSSR count). The molecule has 1 N–H and O–H groups in total. The summed E-state index contributed by atoms with van der Waals surface area (Å²) in [7, 11) is 1.56. The summed E-state index contributed by atoms with van der Waals surface area (Å²) in [6.07, 6.45) is 1.70. The zero-order valence-corrected chi connectivity index (χ0v) is 11.4. The number of rotatable bonds is 4. The lowest BCUT2D eigenvalue weighted by atomic mass is 10.2. The summed E-state index contributed by atoms with van der Waals surface area (Å²) in [5.41, 5.74) is 0.752. The van der Waals surface area contributed by atoms with E-state index in [-0.39, 0.29) is 5.82 Å². The van der Waals surface area contributed by atoms with E-state index in [1.807, 2.05) is 12.1 Å². The predicted octanol–water partition coefficient (Wildman–Crippen LogP) is 3.60. The molecule has 0 aliphatic rings. The van der Waals surface area contributed by atoms with Crippen molar-refractivity contribution < 1.29 is 9.13 Å². The quantitative estimate of drug-likeness (QED) is 0.937. The fraction of sp³-hybridized carbons (Fsp3) is 0.154. The molecule has 5 heteroatoms.